The van der Waals surface area contributed by atoms with Crippen LogP contribution in [0.25, 0.3) is 0 Å². The lowest BCUT2D eigenvalue weighted by Crippen LogP contribution is -2.46. The fourth-order valence-corrected chi connectivity index (χ4v) is 2.48. The molecule has 6 heteroatoms. The fraction of sp³-hybridized carbons (Fsp3) is 0.444. The van der Waals surface area contributed by atoms with Crippen LogP contribution in [0.15, 0.2) is 36.0 Å². The molecule has 0 bridgehead atoms. The molecule has 1 amide bonds. The van der Waals surface area contributed by atoms with Crippen molar-refractivity contribution >= 4 is 5.91 Å². The Labute approximate surface area is 143 Å². The van der Waals surface area contributed by atoms with Crippen LogP contribution in [-0.2, 0) is 11.3 Å². The van der Waals surface area contributed by atoms with Gasteiger partial charge < -0.3 is 16.0 Å². The maximum Gasteiger partial charge on any atom is 0.263 e. The van der Waals surface area contributed by atoms with Crippen LogP contribution < -0.4 is 16.0 Å². The van der Waals surface area contributed by atoms with Crippen LogP contribution >= 0.6 is 0 Å². The molecular formula is C18H25N5O. The van der Waals surface area contributed by atoms with Crippen molar-refractivity contribution in [2.24, 2.45) is 0 Å². The van der Waals surface area contributed by atoms with Gasteiger partial charge in [0.2, 0.25) is 0 Å². The molecule has 1 aromatic carbocycles. The molecule has 1 aromatic rings. The Morgan fingerprint density at radius 2 is 2.04 bits per heavy atom. The highest BCUT2D eigenvalue weighted by atomic mass is 16.1. The van der Waals surface area contributed by atoms with Gasteiger partial charge in [-0.2, -0.15) is 5.26 Å². The highest BCUT2D eigenvalue weighted by Crippen LogP contribution is 2.02. The summed E-state index contributed by atoms with van der Waals surface area (Å²) < 4.78 is 0. The number of nitriles is 1. The van der Waals surface area contributed by atoms with Gasteiger partial charge in [-0.1, -0.05) is 29.8 Å². The number of benzene rings is 1. The van der Waals surface area contributed by atoms with E-state index in [9.17, 15) is 4.79 Å². The zero-order valence-electron chi connectivity index (χ0n) is 14.1. The van der Waals surface area contributed by atoms with Gasteiger partial charge in [0.1, 0.15) is 11.6 Å². The third-order valence-corrected chi connectivity index (χ3v) is 3.96. The van der Waals surface area contributed by atoms with Crippen LogP contribution in [0.1, 0.15) is 11.1 Å². The molecule has 0 unspecified atom stereocenters. The highest BCUT2D eigenvalue weighted by molar-refractivity contribution is 5.97. The predicted molar refractivity (Wildman–Crippen MR) is 94.0 cm³/mol. The number of piperazine rings is 1. The van der Waals surface area contributed by atoms with Crippen LogP contribution in [0.2, 0.25) is 0 Å². The molecule has 1 saturated heterocycles. The van der Waals surface area contributed by atoms with E-state index in [1.54, 1.807) is 0 Å². The summed E-state index contributed by atoms with van der Waals surface area (Å²) in [7, 11) is 0. The zero-order valence-corrected chi connectivity index (χ0v) is 14.1. The number of hydrogen-bond acceptors (Lipinski definition) is 5. The van der Waals surface area contributed by atoms with Gasteiger partial charge in [-0.15, -0.1) is 0 Å². The second-order valence-corrected chi connectivity index (χ2v) is 5.88. The van der Waals surface area contributed by atoms with Gasteiger partial charge in [-0.05, 0) is 12.5 Å². The standard InChI is InChI=1S/C18H25N5O/c1-15-2-4-16(5-3-15)13-21-14-17(12-19)18(24)22-8-11-23-9-6-20-7-10-23/h2-5,14,20-21H,6-11,13H2,1H3,(H,22,24)/b17-14-. The van der Waals surface area contributed by atoms with Gasteiger partial charge >= 0.3 is 0 Å². The molecule has 0 saturated carbocycles. The average Bonchev–Trinajstić information content (AvgIpc) is 2.61. The Bertz CT molecular complexity index is 597. The molecule has 3 N–H and O–H groups in total. The third kappa shape index (κ3) is 6.03. The average molecular weight is 327 g/mol. The molecule has 0 atom stereocenters. The van der Waals surface area contributed by atoms with E-state index in [4.69, 9.17) is 5.26 Å². The minimum Gasteiger partial charge on any atom is -0.386 e. The minimum absolute atomic E-state index is 0.0995. The van der Waals surface area contributed by atoms with Crippen LogP contribution in [-0.4, -0.2) is 50.1 Å². The van der Waals surface area contributed by atoms with E-state index < -0.39 is 0 Å². The van der Waals surface area contributed by atoms with Gasteiger partial charge in [0.25, 0.3) is 5.91 Å². The molecular weight excluding hydrogens is 302 g/mol. The van der Waals surface area contributed by atoms with E-state index in [1.807, 2.05) is 37.3 Å². The topological polar surface area (TPSA) is 80.2 Å². The molecule has 2 rings (SSSR count). The van der Waals surface area contributed by atoms with Crippen molar-refractivity contribution in [3.05, 3.63) is 47.2 Å². The first-order valence-electron chi connectivity index (χ1n) is 8.29. The third-order valence-electron chi connectivity index (χ3n) is 3.96. The summed E-state index contributed by atoms with van der Waals surface area (Å²) in [6.07, 6.45) is 1.49. The van der Waals surface area contributed by atoms with Crippen molar-refractivity contribution in [2.45, 2.75) is 13.5 Å². The molecule has 128 valence electrons. The van der Waals surface area contributed by atoms with Crippen LogP contribution in [0.3, 0.4) is 0 Å². The number of carbonyl (C=O) groups excluding carboxylic acids is 1. The van der Waals surface area contributed by atoms with Crippen molar-refractivity contribution < 1.29 is 4.79 Å². The van der Waals surface area contributed by atoms with Crippen LogP contribution in [0.4, 0.5) is 0 Å². The lowest BCUT2D eigenvalue weighted by molar-refractivity contribution is -0.117. The number of nitrogens with one attached hydrogen (secondary N) is 3. The monoisotopic (exact) mass is 327 g/mol. The molecule has 0 radical (unpaired) electrons. The van der Waals surface area contributed by atoms with Gasteiger partial charge in [0.05, 0.1) is 0 Å². The van der Waals surface area contributed by atoms with Gasteiger partial charge in [0, 0.05) is 52.0 Å². The van der Waals surface area contributed by atoms with Crippen LogP contribution in [0, 0.1) is 18.3 Å². The number of rotatable bonds is 7. The fourth-order valence-electron chi connectivity index (χ4n) is 2.48. The molecule has 24 heavy (non-hydrogen) atoms. The second-order valence-electron chi connectivity index (χ2n) is 5.88. The molecule has 0 aliphatic carbocycles. The quantitative estimate of drug-likeness (QED) is 0.502. The molecule has 1 aliphatic rings. The first-order chi connectivity index (χ1) is 11.7. The molecule has 1 aliphatic heterocycles. The maximum absolute atomic E-state index is 12.0. The van der Waals surface area contributed by atoms with E-state index in [2.05, 4.69) is 20.9 Å². The molecule has 0 spiro atoms. The zero-order chi connectivity index (χ0) is 17.2. The van der Waals surface area contributed by atoms with Crippen molar-refractivity contribution in [1.82, 2.24) is 20.9 Å². The van der Waals surface area contributed by atoms with Crippen LogP contribution in [0.5, 0.6) is 0 Å². The first-order valence-corrected chi connectivity index (χ1v) is 8.29. The predicted octanol–water partition coefficient (Wildman–Crippen LogP) is 0.514. The van der Waals surface area contributed by atoms with Crippen molar-refractivity contribution in [3.8, 4) is 6.07 Å². The summed E-state index contributed by atoms with van der Waals surface area (Å²) in [5.41, 5.74) is 2.41. The summed E-state index contributed by atoms with van der Waals surface area (Å²) in [6, 6.07) is 10.1. The Balaban J connectivity index is 1.73. The smallest absolute Gasteiger partial charge is 0.263 e. The van der Waals surface area contributed by atoms with E-state index in [0.717, 1.165) is 38.3 Å². The Hall–Kier alpha value is -2.36. The first kappa shape index (κ1) is 18.0. The van der Waals surface area contributed by atoms with E-state index >= 15 is 0 Å². The summed E-state index contributed by atoms with van der Waals surface area (Å²) in [4.78, 5) is 14.3. The molecule has 1 fully saturated rings. The lowest BCUT2D eigenvalue weighted by Gasteiger charge is -2.27. The van der Waals surface area contributed by atoms with Gasteiger partial charge in [-0.3, -0.25) is 9.69 Å². The van der Waals surface area contributed by atoms with E-state index in [1.165, 1.54) is 11.8 Å². The lowest BCUT2D eigenvalue weighted by atomic mass is 10.1. The summed E-state index contributed by atoms with van der Waals surface area (Å²) >= 11 is 0. The Morgan fingerprint density at radius 3 is 2.71 bits per heavy atom. The maximum atomic E-state index is 12.0. The summed E-state index contributed by atoms with van der Waals surface area (Å²) in [5.74, 6) is -0.330. The second kappa shape index (κ2) is 9.71. The number of carbonyl (C=O) groups is 1. The van der Waals surface area contributed by atoms with E-state index in [0.29, 0.717) is 13.1 Å². The largest absolute Gasteiger partial charge is 0.386 e. The van der Waals surface area contributed by atoms with Gasteiger partial charge in [-0.25, -0.2) is 0 Å². The van der Waals surface area contributed by atoms with Gasteiger partial charge in [0.15, 0.2) is 0 Å². The normalized spacial score (nSPS) is 15.6. The van der Waals surface area contributed by atoms with Crippen molar-refractivity contribution in [2.75, 3.05) is 39.3 Å². The number of nitrogens with zero attached hydrogens (tertiary/aromatic N) is 2. The number of amides is 1. The summed E-state index contributed by atoms with van der Waals surface area (Å²) in [6.45, 7) is 7.94. The summed E-state index contributed by atoms with van der Waals surface area (Å²) in [5, 5.41) is 18.3. The van der Waals surface area contributed by atoms with E-state index in [-0.39, 0.29) is 11.5 Å². The number of hydrogen-bond donors (Lipinski definition) is 3. The molecule has 0 aromatic heterocycles. The minimum atomic E-state index is -0.330. The Kier molecular flexibility index (Phi) is 7.27. The highest BCUT2D eigenvalue weighted by Gasteiger charge is 2.11. The van der Waals surface area contributed by atoms with Crippen molar-refractivity contribution in [3.63, 3.8) is 0 Å². The number of aryl methyl sites for hydroxylation is 1. The molecule has 6 nitrogen and oxygen atoms in total. The molecule has 1 heterocycles. The Morgan fingerprint density at radius 1 is 1.33 bits per heavy atom. The SMILES string of the molecule is Cc1ccc(CN/C=C(/C#N)C(=O)NCCN2CCNCC2)cc1. The van der Waals surface area contributed by atoms with Crippen molar-refractivity contribution in [1.29, 1.82) is 5.26 Å².